The molecule has 1 aromatic carbocycles. The molecule has 0 aromatic heterocycles. The number of rotatable bonds is 2. The molecule has 0 nitrogen and oxygen atoms in total. The van der Waals surface area contributed by atoms with Crippen molar-refractivity contribution in [3.8, 4) is 0 Å². The number of hydrogen-bond donors (Lipinski definition) is 1. The minimum Gasteiger partial charge on any atom is -0.151 e. The molecule has 0 aliphatic rings. The van der Waals surface area contributed by atoms with Gasteiger partial charge in [0.25, 0.3) is 0 Å². The molecule has 12 heavy (non-hydrogen) atoms. The zero-order chi connectivity index (χ0) is 8.97. The molecule has 1 heteroatoms. The Kier molecular flexibility index (Phi) is 3.42. The highest BCUT2D eigenvalue weighted by Crippen LogP contribution is 2.22. The summed E-state index contributed by atoms with van der Waals surface area (Å²) in [5.74, 6) is 0.532. The molecule has 1 rings (SSSR count). The lowest BCUT2D eigenvalue weighted by Gasteiger charge is -2.09. The smallest absolute Gasteiger partial charge is 0.0208 e. The molecule has 64 valence electrons. The SMILES string of the molecule is CC(C)C(=CS)c1ccccc1. The van der Waals surface area contributed by atoms with Crippen molar-refractivity contribution in [1.29, 1.82) is 0 Å². The van der Waals surface area contributed by atoms with Gasteiger partial charge in [-0.1, -0.05) is 44.2 Å². The van der Waals surface area contributed by atoms with Crippen molar-refractivity contribution in [2.75, 3.05) is 0 Å². The van der Waals surface area contributed by atoms with E-state index in [0.717, 1.165) is 0 Å². The van der Waals surface area contributed by atoms with Crippen molar-refractivity contribution < 1.29 is 0 Å². The van der Waals surface area contributed by atoms with E-state index >= 15 is 0 Å². The van der Waals surface area contributed by atoms with E-state index in [2.05, 4.69) is 50.7 Å². The average molecular weight is 178 g/mol. The Hall–Kier alpha value is -0.690. The van der Waals surface area contributed by atoms with Crippen LogP contribution in [0.5, 0.6) is 0 Å². The van der Waals surface area contributed by atoms with Crippen molar-refractivity contribution in [3.05, 3.63) is 41.3 Å². The second-order valence-corrected chi connectivity index (χ2v) is 3.36. The number of hydrogen-bond acceptors (Lipinski definition) is 1. The normalized spacial score (nSPS) is 12.2. The largest absolute Gasteiger partial charge is 0.151 e. The summed E-state index contributed by atoms with van der Waals surface area (Å²) in [5.41, 5.74) is 2.56. The quantitative estimate of drug-likeness (QED) is 0.657. The predicted octanol–water partition coefficient (Wildman–Crippen LogP) is 3.61. The van der Waals surface area contributed by atoms with E-state index in [-0.39, 0.29) is 0 Å². The van der Waals surface area contributed by atoms with Gasteiger partial charge in [0.05, 0.1) is 0 Å². The van der Waals surface area contributed by atoms with E-state index in [9.17, 15) is 0 Å². The highest BCUT2D eigenvalue weighted by atomic mass is 32.1. The Morgan fingerprint density at radius 1 is 1.25 bits per heavy atom. The topological polar surface area (TPSA) is 0 Å². The molecule has 0 heterocycles. The first-order valence-electron chi connectivity index (χ1n) is 4.15. The maximum absolute atomic E-state index is 4.20. The maximum Gasteiger partial charge on any atom is -0.0208 e. The lowest BCUT2D eigenvalue weighted by atomic mass is 9.97. The zero-order valence-corrected chi connectivity index (χ0v) is 8.38. The minimum absolute atomic E-state index is 0.532. The van der Waals surface area contributed by atoms with E-state index in [1.165, 1.54) is 11.1 Å². The van der Waals surface area contributed by atoms with Crippen LogP contribution in [0.2, 0.25) is 0 Å². The molecule has 0 atom stereocenters. The van der Waals surface area contributed by atoms with Gasteiger partial charge in [0.1, 0.15) is 0 Å². The Morgan fingerprint density at radius 3 is 2.25 bits per heavy atom. The summed E-state index contributed by atoms with van der Waals surface area (Å²) < 4.78 is 0. The number of thiol groups is 1. The molecular weight excluding hydrogens is 164 g/mol. The van der Waals surface area contributed by atoms with Crippen LogP contribution in [-0.4, -0.2) is 0 Å². The van der Waals surface area contributed by atoms with E-state index in [0.29, 0.717) is 5.92 Å². The van der Waals surface area contributed by atoms with Crippen LogP contribution in [0, 0.1) is 5.92 Å². The van der Waals surface area contributed by atoms with Gasteiger partial charge in [-0.05, 0) is 22.5 Å². The van der Waals surface area contributed by atoms with E-state index < -0.39 is 0 Å². The van der Waals surface area contributed by atoms with Gasteiger partial charge in [0.2, 0.25) is 0 Å². The van der Waals surface area contributed by atoms with Crippen LogP contribution >= 0.6 is 12.6 Å². The van der Waals surface area contributed by atoms with Crippen LogP contribution in [0.15, 0.2) is 35.7 Å². The van der Waals surface area contributed by atoms with Gasteiger partial charge in [0, 0.05) is 0 Å². The molecule has 0 N–H and O–H groups in total. The van der Waals surface area contributed by atoms with Crippen LogP contribution in [0.4, 0.5) is 0 Å². The molecule has 0 saturated carbocycles. The second-order valence-electron chi connectivity index (χ2n) is 3.11. The fourth-order valence-electron chi connectivity index (χ4n) is 1.19. The lowest BCUT2D eigenvalue weighted by Crippen LogP contribution is -1.91. The summed E-state index contributed by atoms with van der Waals surface area (Å²) in [5, 5.41) is 1.89. The molecule has 0 radical (unpaired) electrons. The van der Waals surface area contributed by atoms with Gasteiger partial charge < -0.3 is 0 Å². The highest BCUT2D eigenvalue weighted by Gasteiger charge is 2.03. The molecule has 0 aliphatic carbocycles. The Balaban J connectivity index is 2.97. The second kappa shape index (κ2) is 4.36. The van der Waals surface area contributed by atoms with E-state index in [4.69, 9.17) is 0 Å². The predicted molar refractivity (Wildman–Crippen MR) is 58.2 cm³/mol. The fraction of sp³-hybridized carbons (Fsp3) is 0.273. The summed E-state index contributed by atoms with van der Waals surface area (Å²) in [4.78, 5) is 0. The van der Waals surface area contributed by atoms with Crippen molar-refractivity contribution in [3.63, 3.8) is 0 Å². The number of benzene rings is 1. The van der Waals surface area contributed by atoms with Crippen molar-refractivity contribution in [1.82, 2.24) is 0 Å². The molecule has 0 unspecified atom stereocenters. The first kappa shape index (κ1) is 9.40. The van der Waals surface area contributed by atoms with E-state index in [1.807, 2.05) is 11.5 Å². The van der Waals surface area contributed by atoms with E-state index in [1.54, 1.807) is 0 Å². The molecule has 1 aromatic rings. The fourth-order valence-corrected chi connectivity index (χ4v) is 1.63. The summed E-state index contributed by atoms with van der Waals surface area (Å²) in [7, 11) is 0. The third kappa shape index (κ3) is 2.15. The standard InChI is InChI=1S/C11H14S/c1-9(2)11(8-12)10-6-4-3-5-7-10/h3-9,12H,1-2H3. The zero-order valence-electron chi connectivity index (χ0n) is 7.49. The van der Waals surface area contributed by atoms with Gasteiger partial charge in [-0.2, -0.15) is 12.6 Å². The first-order valence-corrected chi connectivity index (χ1v) is 4.67. The molecule has 0 fully saturated rings. The Labute approximate surface area is 79.7 Å². The van der Waals surface area contributed by atoms with Crippen molar-refractivity contribution in [2.45, 2.75) is 13.8 Å². The molecule has 0 aliphatic heterocycles. The van der Waals surface area contributed by atoms with Gasteiger partial charge in [0.15, 0.2) is 0 Å². The number of allylic oxidation sites excluding steroid dienone is 1. The van der Waals surface area contributed by atoms with Gasteiger partial charge in [-0.15, -0.1) is 0 Å². The first-order chi connectivity index (χ1) is 5.75. The van der Waals surface area contributed by atoms with Gasteiger partial charge in [-0.25, -0.2) is 0 Å². The van der Waals surface area contributed by atoms with Gasteiger partial charge in [-0.3, -0.25) is 0 Å². The van der Waals surface area contributed by atoms with Crippen molar-refractivity contribution >= 4 is 18.2 Å². The van der Waals surface area contributed by atoms with Crippen LogP contribution in [0.3, 0.4) is 0 Å². The molecule has 0 bridgehead atoms. The molecule has 0 spiro atoms. The third-order valence-electron chi connectivity index (χ3n) is 1.87. The van der Waals surface area contributed by atoms with Crippen LogP contribution in [0.25, 0.3) is 5.57 Å². The van der Waals surface area contributed by atoms with Gasteiger partial charge >= 0.3 is 0 Å². The van der Waals surface area contributed by atoms with Crippen LogP contribution in [0.1, 0.15) is 19.4 Å². The Morgan fingerprint density at radius 2 is 1.83 bits per heavy atom. The summed E-state index contributed by atoms with van der Waals surface area (Å²) in [6, 6.07) is 10.4. The monoisotopic (exact) mass is 178 g/mol. The lowest BCUT2D eigenvalue weighted by molar-refractivity contribution is 0.857. The Bertz CT molecular complexity index is 260. The molecule has 0 amide bonds. The minimum atomic E-state index is 0.532. The van der Waals surface area contributed by atoms with Crippen LogP contribution < -0.4 is 0 Å². The molecular formula is C11H14S. The maximum atomic E-state index is 4.20. The summed E-state index contributed by atoms with van der Waals surface area (Å²) in [6.45, 7) is 4.35. The van der Waals surface area contributed by atoms with Crippen LogP contribution in [-0.2, 0) is 0 Å². The highest BCUT2D eigenvalue weighted by molar-refractivity contribution is 7.83. The van der Waals surface area contributed by atoms with Crippen molar-refractivity contribution in [2.24, 2.45) is 5.92 Å². The molecule has 0 saturated heterocycles. The summed E-state index contributed by atoms with van der Waals surface area (Å²) in [6.07, 6.45) is 0. The summed E-state index contributed by atoms with van der Waals surface area (Å²) >= 11 is 4.20. The average Bonchev–Trinajstić information content (AvgIpc) is 2.07. The third-order valence-corrected chi connectivity index (χ3v) is 2.15.